The Morgan fingerprint density at radius 1 is 1.30 bits per heavy atom. The van der Waals surface area contributed by atoms with E-state index in [0.29, 0.717) is 28.8 Å². The molecule has 0 aliphatic carbocycles. The topological polar surface area (TPSA) is 98.4 Å². The van der Waals surface area contributed by atoms with Gasteiger partial charge >= 0.3 is 5.97 Å². The average Bonchev–Trinajstić information content (AvgIpc) is 3.39. The lowest BCUT2D eigenvalue weighted by molar-refractivity contribution is 0.0589. The van der Waals surface area contributed by atoms with Crippen molar-refractivity contribution in [2.75, 3.05) is 17.7 Å². The van der Waals surface area contributed by atoms with Crippen molar-refractivity contribution in [2.45, 2.75) is 53.1 Å². The number of methoxy groups -OCH3 is 1. The highest BCUT2D eigenvalue weighted by molar-refractivity contribution is 6.14. The molecule has 0 radical (unpaired) electrons. The lowest BCUT2D eigenvalue weighted by Gasteiger charge is -2.15. The van der Waals surface area contributed by atoms with Crippen LogP contribution in [0.4, 0.5) is 11.4 Å². The zero-order valence-corrected chi connectivity index (χ0v) is 19.9. The molecular formula is C25H32N4O4. The molecule has 3 aromatic heterocycles. The van der Waals surface area contributed by atoms with Gasteiger partial charge in [-0.3, -0.25) is 4.79 Å². The van der Waals surface area contributed by atoms with E-state index in [-0.39, 0.29) is 23.6 Å². The van der Waals surface area contributed by atoms with Crippen molar-refractivity contribution in [1.82, 2.24) is 9.55 Å². The molecule has 0 fully saturated rings. The smallest absolute Gasteiger partial charge is 0.356 e. The third-order valence-corrected chi connectivity index (χ3v) is 5.26. The van der Waals surface area contributed by atoms with Crippen molar-refractivity contribution in [2.24, 2.45) is 5.92 Å². The first-order chi connectivity index (χ1) is 15.7. The summed E-state index contributed by atoms with van der Waals surface area (Å²) in [7, 11) is 1.32. The van der Waals surface area contributed by atoms with Gasteiger partial charge in [0.2, 0.25) is 0 Å². The first-order valence-electron chi connectivity index (χ1n) is 11.1. The minimum Gasteiger partial charge on any atom is -0.472 e. The van der Waals surface area contributed by atoms with E-state index in [1.54, 1.807) is 12.3 Å². The minimum atomic E-state index is -0.541. The van der Waals surface area contributed by atoms with Crippen molar-refractivity contribution in [1.29, 1.82) is 0 Å². The van der Waals surface area contributed by atoms with Crippen LogP contribution >= 0.6 is 0 Å². The maximum Gasteiger partial charge on any atom is 0.356 e. The molecule has 176 valence electrons. The van der Waals surface area contributed by atoms with E-state index in [9.17, 15) is 9.59 Å². The van der Waals surface area contributed by atoms with Gasteiger partial charge in [-0.2, -0.15) is 0 Å². The minimum absolute atomic E-state index is 0.197. The van der Waals surface area contributed by atoms with E-state index in [4.69, 9.17) is 9.15 Å². The van der Waals surface area contributed by atoms with Crippen molar-refractivity contribution in [3.63, 3.8) is 0 Å². The number of furan rings is 1. The Bertz CT molecular complexity index is 1150. The Morgan fingerprint density at radius 2 is 2.06 bits per heavy atom. The molecule has 0 aromatic carbocycles. The third kappa shape index (κ3) is 5.63. The number of allylic oxidation sites excluding steroid dienone is 1. The normalized spacial score (nSPS) is 12.1. The zero-order valence-electron chi connectivity index (χ0n) is 19.9. The Morgan fingerprint density at radius 3 is 2.67 bits per heavy atom. The van der Waals surface area contributed by atoms with Gasteiger partial charge in [0.15, 0.2) is 5.69 Å². The van der Waals surface area contributed by atoms with Crippen LogP contribution in [0.25, 0.3) is 11.0 Å². The zero-order chi connectivity index (χ0) is 24.1. The van der Waals surface area contributed by atoms with Crippen LogP contribution in [0.2, 0.25) is 0 Å². The number of nitrogens with zero attached hydrogens (tertiary/aromatic N) is 2. The van der Waals surface area contributed by atoms with Crippen LogP contribution in [0.5, 0.6) is 0 Å². The first kappa shape index (κ1) is 24.1. The number of carbonyl (C=O) groups is 2. The summed E-state index contributed by atoms with van der Waals surface area (Å²) in [5.74, 6) is -0.686. The van der Waals surface area contributed by atoms with Gasteiger partial charge in [0.25, 0.3) is 5.91 Å². The molecule has 1 unspecified atom stereocenters. The number of hydrogen-bond acceptors (Lipinski definition) is 6. The second kappa shape index (κ2) is 10.4. The number of anilines is 2. The predicted molar refractivity (Wildman–Crippen MR) is 130 cm³/mol. The molecular weight excluding hydrogens is 420 g/mol. The maximum atomic E-state index is 12.8. The van der Waals surface area contributed by atoms with Gasteiger partial charge in [0.05, 0.1) is 36.5 Å². The monoisotopic (exact) mass is 452 g/mol. The molecule has 2 N–H and O–H groups in total. The van der Waals surface area contributed by atoms with Gasteiger partial charge in [0.1, 0.15) is 11.9 Å². The van der Waals surface area contributed by atoms with Gasteiger partial charge < -0.3 is 24.4 Å². The van der Waals surface area contributed by atoms with Crippen molar-refractivity contribution < 1.29 is 18.7 Å². The molecule has 3 rings (SSSR count). The van der Waals surface area contributed by atoms with Crippen molar-refractivity contribution in [3.8, 4) is 0 Å². The molecule has 0 spiro atoms. The van der Waals surface area contributed by atoms with Gasteiger partial charge in [-0.05, 0) is 44.7 Å². The van der Waals surface area contributed by atoms with E-state index in [0.717, 1.165) is 24.1 Å². The number of aromatic nitrogens is 2. The molecule has 8 heteroatoms. The lowest BCUT2D eigenvalue weighted by Crippen LogP contribution is -2.18. The number of nitrogens with one attached hydrogen (secondary N) is 2. The molecule has 8 nitrogen and oxygen atoms in total. The third-order valence-electron chi connectivity index (χ3n) is 5.26. The molecule has 33 heavy (non-hydrogen) atoms. The summed E-state index contributed by atoms with van der Waals surface area (Å²) in [5, 5.41) is 7.00. The molecule has 0 bridgehead atoms. The summed E-state index contributed by atoms with van der Waals surface area (Å²) >= 11 is 0. The Hall–Kier alpha value is -3.55. The van der Waals surface area contributed by atoms with E-state index < -0.39 is 5.97 Å². The second-order valence-corrected chi connectivity index (χ2v) is 8.82. The molecule has 3 heterocycles. The Kier molecular flexibility index (Phi) is 7.58. The highest BCUT2D eigenvalue weighted by Gasteiger charge is 2.27. The number of hydrogen-bond donors (Lipinski definition) is 2. The van der Waals surface area contributed by atoms with Crippen molar-refractivity contribution in [3.05, 3.63) is 54.3 Å². The summed E-state index contributed by atoms with van der Waals surface area (Å²) in [4.78, 5) is 30.3. The lowest BCUT2D eigenvalue weighted by atomic mass is 10.1. The predicted octanol–water partition coefficient (Wildman–Crippen LogP) is 5.48. The number of ether oxygens (including phenoxy) is 1. The summed E-state index contributed by atoms with van der Waals surface area (Å²) in [6, 6.07) is 3.67. The molecule has 1 atom stereocenters. The van der Waals surface area contributed by atoms with Crippen LogP contribution in [0.15, 0.2) is 47.4 Å². The molecule has 0 saturated heterocycles. The van der Waals surface area contributed by atoms with E-state index >= 15 is 0 Å². The number of esters is 1. The fraction of sp³-hybridized carbons (Fsp3) is 0.400. The van der Waals surface area contributed by atoms with Crippen LogP contribution in [-0.2, 0) is 11.3 Å². The molecule has 1 amide bonds. The largest absolute Gasteiger partial charge is 0.472 e. The second-order valence-electron chi connectivity index (χ2n) is 8.82. The number of carbonyl (C=O) groups excluding carboxylic acids is 2. The summed E-state index contributed by atoms with van der Waals surface area (Å²) in [5.41, 5.74) is 3.52. The SMILES string of the molecule is C=C(C)CCC(C)Nc1cnc2c(c1)c(NC(=O)c1ccoc1)c(C(=O)OC)n2CC(C)C. The molecule has 0 saturated carbocycles. The van der Waals surface area contributed by atoms with Gasteiger partial charge in [-0.1, -0.05) is 19.4 Å². The first-order valence-corrected chi connectivity index (χ1v) is 11.1. The standard InChI is InChI=1S/C25H32N4O4/c1-15(2)7-8-17(5)27-19-11-20-21(28-24(30)18-9-10-33-14-18)22(25(31)32-6)29(13-16(3)4)23(20)26-12-19/h9-12,14,16-17,27H,1,7-8,13H2,2-6H3,(H,28,30). The van der Waals surface area contributed by atoms with E-state index in [1.807, 2.05) is 17.6 Å². The van der Waals surface area contributed by atoms with E-state index in [1.165, 1.54) is 19.6 Å². The van der Waals surface area contributed by atoms with Crippen LogP contribution in [-0.4, -0.2) is 34.6 Å². The van der Waals surface area contributed by atoms with Crippen LogP contribution < -0.4 is 10.6 Å². The highest BCUT2D eigenvalue weighted by atomic mass is 16.5. The summed E-state index contributed by atoms with van der Waals surface area (Å²) in [6.45, 7) is 12.7. The number of pyridine rings is 1. The van der Waals surface area contributed by atoms with Crippen LogP contribution in [0.1, 0.15) is 61.4 Å². The van der Waals surface area contributed by atoms with E-state index in [2.05, 4.69) is 43.0 Å². The number of rotatable bonds is 10. The van der Waals surface area contributed by atoms with Crippen LogP contribution in [0.3, 0.4) is 0 Å². The number of fused-ring (bicyclic) bond motifs is 1. The van der Waals surface area contributed by atoms with Crippen LogP contribution in [0, 0.1) is 5.92 Å². The average molecular weight is 453 g/mol. The number of amides is 1. The fourth-order valence-electron chi connectivity index (χ4n) is 3.68. The summed E-state index contributed by atoms with van der Waals surface area (Å²) in [6.07, 6.45) is 6.38. The maximum absolute atomic E-state index is 12.8. The molecule has 3 aromatic rings. The summed E-state index contributed by atoms with van der Waals surface area (Å²) < 4.78 is 11.9. The van der Waals surface area contributed by atoms with Gasteiger partial charge in [-0.25, -0.2) is 9.78 Å². The van der Waals surface area contributed by atoms with Gasteiger partial charge in [0, 0.05) is 18.0 Å². The Labute approximate surface area is 194 Å². The quantitative estimate of drug-likeness (QED) is 0.312. The molecule has 0 aliphatic heterocycles. The van der Waals surface area contributed by atoms with Crippen molar-refractivity contribution >= 4 is 34.3 Å². The Balaban J connectivity index is 2.09. The molecule has 0 aliphatic rings. The highest BCUT2D eigenvalue weighted by Crippen LogP contribution is 2.34. The van der Waals surface area contributed by atoms with Gasteiger partial charge in [-0.15, -0.1) is 6.58 Å². The fourth-order valence-corrected chi connectivity index (χ4v) is 3.68.